The number of carbonyl (C=O) groups excluding carboxylic acids is 2. The van der Waals surface area contributed by atoms with Gasteiger partial charge in [0.25, 0.3) is 0 Å². The number of esters is 1. The lowest BCUT2D eigenvalue weighted by Gasteiger charge is -2.05. The summed E-state index contributed by atoms with van der Waals surface area (Å²) < 4.78 is 19.2. The zero-order valence-electron chi connectivity index (χ0n) is 18.4. The molecule has 0 bridgehead atoms. The average Bonchev–Trinajstić information content (AvgIpc) is 2.88. The van der Waals surface area contributed by atoms with E-state index in [-0.39, 0.29) is 11.6 Å². The van der Waals surface area contributed by atoms with E-state index in [9.17, 15) is 14.0 Å². The number of benzene rings is 4. The predicted molar refractivity (Wildman–Crippen MR) is 139 cm³/mol. The van der Waals surface area contributed by atoms with Crippen LogP contribution >= 0.6 is 15.9 Å². The number of aliphatic imine (C=N–C) groups is 1. The van der Waals surface area contributed by atoms with Crippen molar-refractivity contribution < 1.29 is 18.7 Å². The fourth-order valence-corrected chi connectivity index (χ4v) is 3.51. The smallest absolute Gasteiger partial charge is 0.343 e. The van der Waals surface area contributed by atoms with Gasteiger partial charge in [-0.05, 0) is 96.1 Å². The zero-order chi connectivity index (χ0) is 24.6. The topological polar surface area (TPSA) is 55.7 Å². The monoisotopic (exact) mass is 527 g/mol. The van der Waals surface area contributed by atoms with Crippen LogP contribution in [0.25, 0.3) is 6.08 Å². The molecule has 0 atom stereocenters. The van der Waals surface area contributed by atoms with Gasteiger partial charge >= 0.3 is 5.97 Å². The van der Waals surface area contributed by atoms with E-state index in [0.29, 0.717) is 22.6 Å². The van der Waals surface area contributed by atoms with Crippen molar-refractivity contribution in [2.75, 3.05) is 0 Å². The van der Waals surface area contributed by atoms with Gasteiger partial charge in [0.2, 0.25) is 0 Å². The van der Waals surface area contributed by atoms with Crippen molar-refractivity contribution in [3.8, 4) is 5.75 Å². The summed E-state index contributed by atoms with van der Waals surface area (Å²) in [4.78, 5) is 29.0. The zero-order valence-corrected chi connectivity index (χ0v) is 20.0. The predicted octanol–water partition coefficient (Wildman–Crippen LogP) is 7.45. The number of halogens is 2. The Hall–Kier alpha value is -4.16. The summed E-state index contributed by atoms with van der Waals surface area (Å²) in [5.74, 6) is -0.475. The van der Waals surface area contributed by atoms with E-state index in [2.05, 4.69) is 20.9 Å². The maximum Gasteiger partial charge on any atom is 0.343 e. The molecule has 0 heterocycles. The van der Waals surface area contributed by atoms with Crippen molar-refractivity contribution >= 4 is 45.7 Å². The second-order valence-electron chi connectivity index (χ2n) is 7.52. The Morgan fingerprint density at radius 3 is 2.17 bits per heavy atom. The summed E-state index contributed by atoms with van der Waals surface area (Å²) in [5.41, 5.74) is 3.25. The van der Waals surface area contributed by atoms with E-state index in [4.69, 9.17) is 4.74 Å². The second-order valence-corrected chi connectivity index (χ2v) is 8.44. The molecule has 0 saturated heterocycles. The third-order valence-corrected chi connectivity index (χ3v) is 5.46. The molecular weight excluding hydrogens is 509 g/mol. The van der Waals surface area contributed by atoms with E-state index >= 15 is 0 Å². The second kappa shape index (κ2) is 11.3. The first-order valence-corrected chi connectivity index (χ1v) is 11.5. The largest absolute Gasteiger partial charge is 0.423 e. The molecule has 35 heavy (non-hydrogen) atoms. The Kier molecular flexibility index (Phi) is 7.75. The standard InChI is InChI=1S/C29H19BrFNO3/c30-24-3-1-2-23(18-24)29(34)35-27-15-6-21(7-16-27)19-32-26-13-9-22(10-14-26)28(33)17-8-20-4-11-25(31)12-5-20/h1-19H/b17-8+,32-19?. The molecule has 0 aromatic heterocycles. The van der Waals surface area contributed by atoms with Crippen molar-refractivity contribution in [1.82, 2.24) is 0 Å². The van der Waals surface area contributed by atoms with Crippen LogP contribution in [0.2, 0.25) is 0 Å². The van der Waals surface area contributed by atoms with Gasteiger partial charge in [-0.25, -0.2) is 9.18 Å². The lowest BCUT2D eigenvalue weighted by molar-refractivity contribution is 0.0734. The quantitative estimate of drug-likeness (QED) is 0.0823. The molecule has 4 nitrogen and oxygen atoms in total. The van der Waals surface area contributed by atoms with Crippen molar-refractivity contribution in [3.63, 3.8) is 0 Å². The highest BCUT2D eigenvalue weighted by atomic mass is 79.9. The number of hydrogen-bond donors (Lipinski definition) is 0. The molecule has 0 saturated carbocycles. The molecule has 4 aromatic rings. The minimum Gasteiger partial charge on any atom is -0.423 e. The number of ether oxygens (including phenoxy) is 1. The lowest BCUT2D eigenvalue weighted by Crippen LogP contribution is -2.08. The number of hydrogen-bond acceptors (Lipinski definition) is 4. The van der Waals surface area contributed by atoms with E-state index in [1.807, 2.05) is 6.07 Å². The summed E-state index contributed by atoms with van der Waals surface area (Å²) in [5, 5.41) is 0. The summed E-state index contributed by atoms with van der Waals surface area (Å²) in [6.45, 7) is 0. The molecule has 0 aliphatic carbocycles. The number of ketones is 1. The molecule has 4 rings (SSSR count). The molecule has 0 aliphatic rings. The first kappa shape index (κ1) is 24.0. The third-order valence-electron chi connectivity index (χ3n) is 4.96. The SMILES string of the molecule is O=C(/C=C/c1ccc(F)cc1)c1ccc(N=Cc2ccc(OC(=O)c3cccc(Br)c3)cc2)cc1. The van der Waals surface area contributed by atoms with E-state index in [1.165, 1.54) is 18.2 Å². The maximum absolute atomic E-state index is 13.0. The van der Waals surface area contributed by atoms with Gasteiger partial charge in [0.1, 0.15) is 11.6 Å². The Balaban J connectivity index is 1.34. The highest BCUT2D eigenvalue weighted by Gasteiger charge is 2.08. The molecule has 0 radical (unpaired) electrons. The average molecular weight is 528 g/mol. The van der Waals surface area contributed by atoms with Gasteiger partial charge in [-0.1, -0.05) is 40.2 Å². The molecule has 4 aromatic carbocycles. The van der Waals surface area contributed by atoms with Crippen LogP contribution in [0.5, 0.6) is 5.75 Å². The van der Waals surface area contributed by atoms with Gasteiger partial charge in [-0.3, -0.25) is 9.79 Å². The van der Waals surface area contributed by atoms with Crippen molar-refractivity contribution in [1.29, 1.82) is 0 Å². The highest BCUT2D eigenvalue weighted by molar-refractivity contribution is 9.10. The summed E-state index contributed by atoms with van der Waals surface area (Å²) in [7, 11) is 0. The Labute approximate surface area is 210 Å². The minimum absolute atomic E-state index is 0.155. The molecule has 6 heteroatoms. The van der Waals surface area contributed by atoms with Gasteiger partial charge in [-0.2, -0.15) is 0 Å². The van der Waals surface area contributed by atoms with Gasteiger partial charge in [0.15, 0.2) is 5.78 Å². The van der Waals surface area contributed by atoms with E-state index in [0.717, 1.165) is 15.6 Å². The van der Waals surface area contributed by atoms with Crippen molar-refractivity contribution in [2.24, 2.45) is 4.99 Å². The van der Waals surface area contributed by atoms with Crippen LogP contribution in [0.3, 0.4) is 0 Å². The Morgan fingerprint density at radius 1 is 0.800 bits per heavy atom. The molecule has 0 spiro atoms. The van der Waals surface area contributed by atoms with Crippen LogP contribution in [0.1, 0.15) is 31.8 Å². The molecular formula is C29H19BrFNO3. The number of carbonyl (C=O) groups is 2. The molecule has 0 N–H and O–H groups in total. The van der Waals surface area contributed by atoms with Crippen LogP contribution in [0, 0.1) is 5.82 Å². The van der Waals surface area contributed by atoms with Gasteiger partial charge < -0.3 is 4.74 Å². The Bertz CT molecular complexity index is 1390. The molecule has 172 valence electrons. The van der Waals surface area contributed by atoms with Crippen molar-refractivity contribution in [3.05, 3.63) is 136 Å². The van der Waals surface area contributed by atoms with Crippen LogP contribution in [0.4, 0.5) is 10.1 Å². The number of rotatable bonds is 7. The third kappa shape index (κ3) is 6.91. The first-order chi connectivity index (χ1) is 17.0. The Morgan fingerprint density at radius 2 is 1.49 bits per heavy atom. The van der Waals surface area contributed by atoms with Crippen LogP contribution in [-0.2, 0) is 0 Å². The fourth-order valence-electron chi connectivity index (χ4n) is 3.11. The van der Waals surface area contributed by atoms with Crippen molar-refractivity contribution in [2.45, 2.75) is 0 Å². The fraction of sp³-hybridized carbons (Fsp3) is 0. The van der Waals surface area contributed by atoms with Crippen LogP contribution < -0.4 is 4.74 Å². The normalized spacial score (nSPS) is 11.1. The van der Waals surface area contributed by atoms with Gasteiger partial charge in [0.05, 0.1) is 11.3 Å². The summed E-state index contributed by atoms with van der Waals surface area (Å²) >= 11 is 3.34. The van der Waals surface area contributed by atoms with Crippen LogP contribution in [0.15, 0.2) is 113 Å². The molecule has 0 fully saturated rings. The summed E-state index contributed by atoms with van der Waals surface area (Å²) in [6, 6.07) is 26.8. The van der Waals surface area contributed by atoms with Gasteiger partial charge in [0, 0.05) is 16.3 Å². The van der Waals surface area contributed by atoms with Gasteiger partial charge in [-0.15, -0.1) is 0 Å². The molecule has 0 unspecified atom stereocenters. The van der Waals surface area contributed by atoms with Crippen LogP contribution in [-0.4, -0.2) is 18.0 Å². The minimum atomic E-state index is -0.435. The molecule has 0 aliphatic heterocycles. The summed E-state index contributed by atoms with van der Waals surface area (Å²) in [6.07, 6.45) is 4.79. The first-order valence-electron chi connectivity index (χ1n) is 10.7. The number of nitrogens with zero attached hydrogens (tertiary/aromatic N) is 1. The molecule has 0 amide bonds. The highest BCUT2D eigenvalue weighted by Crippen LogP contribution is 2.18. The lowest BCUT2D eigenvalue weighted by atomic mass is 10.1. The van der Waals surface area contributed by atoms with E-state index in [1.54, 1.807) is 91.2 Å². The number of allylic oxidation sites excluding steroid dienone is 1. The maximum atomic E-state index is 13.0. The van der Waals surface area contributed by atoms with E-state index < -0.39 is 5.97 Å².